The van der Waals surface area contributed by atoms with E-state index in [2.05, 4.69) is 25.9 Å². The number of nitrogens with zero attached hydrogens (tertiary/aromatic N) is 2. The van der Waals surface area contributed by atoms with Gasteiger partial charge >= 0.3 is 0 Å². The van der Waals surface area contributed by atoms with Gasteiger partial charge in [-0.1, -0.05) is 33.6 Å². The smallest absolute Gasteiger partial charge is 0.251 e. The summed E-state index contributed by atoms with van der Waals surface area (Å²) in [6.07, 6.45) is 4.84. The number of rotatable bonds is 4. The molecule has 1 heterocycles. The zero-order valence-electron chi connectivity index (χ0n) is 13.5. The highest BCUT2D eigenvalue weighted by molar-refractivity contribution is 6.10. The molecule has 2 rings (SSSR count). The molecule has 0 spiro atoms. The van der Waals surface area contributed by atoms with E-state index in [4.69, 9.17) is 5.73 Å². The summed E-state index contributed by atoms with van der Waals surface area (Å²) in [5, 5.41) is 16.5. The minimum Gasteiger partial charge on any atom is -0.391 e. The monoisotopic (exact) mass is 295 g/mol. The Kier molecular flexibility index (Phi) is 5.04. The first kappa shape index (κ1) is 16.4. The Labute approximate surface area is 127 Å². The largest absolute Gasteiger partial charge is 0.391 e. The molecule has 1 amide bonds. The highest BCUT2D eigenvalue weighted by Crippen LogP contribution is 2.35. The number of hydrogen-bond acceptors (Lipinski definition) is 4. The summed E-state index contributed by atoms with van der Waals surface area (Å²) in [5.74, 6) is -0.109. The fourth-order valence-corrected chi connectivity index (χ4v) is 3.38. The Bertz CT molecular complexity index is 414. The van der Waals surface area contributed by atoms with Crippen LogP contribution in [0.4, 0.5) is 0 Å². The Hall–Kier alpha value is -0.940. The van der Waals surface area contributed by atoms with Crippen molar-refractivity contribution in [3.63, 3.8) is 0 Å². The minimum atomic E-state index is -0.444. The summed E-state index contributed by atoms with van der Waals surface area (Å²) in [7, 11) is 0. The summed E-state index contributed by atoms with van der Waals surface area (Å²) < 4.78 is 0. The van der Waals surface area contributed by atoms with Crippen LogP contribution in [0.1, 0.15) is 59.3 Å². The quantitative estimate of drug-likeness (QED) is 0.831. The van der Waals surface area contributed by atoms with Crippen LogP contribution in [0, 0.1) is 11.3 Å². The second-order valence-corrected chi connectivity index (χ2v) is 7.32. The van der Waals surface area contributed by atoms with E-state index in [0.717, 1.165) is 44.2 Å². The first-order chi connectivity index (χ1) is 9.86. The highest BCUT2D eigenvalue weighted by atomic mass is 16.3. The van der Waals surface area contributed by atoms with Crippen LogP contribution < -0.4 is 5.73 Å². The summed E-state index contributed by atoms with van der Waals surface area (Å²) in [5.41, 5.74) is 6.41. The van der Waals surface area contributed by atoms with Crippen molar-refractivity contribution in [1.29, 1.82) is 0 Å². The lowest BCUT2D eigenvalue weighted by molar-refractivity contribution is -0.137. The molecule has 5 nitrogen and oxygen atoms in total. The maximum atomic E-state index is 12.8. The summed E-state index contributed by atoms with van der Waals surface area (Å²) in [6, 6.07) is -0.147. The molecule has 1 fully saturated rings. The van der Waals surface area contributed by atoms with Crippen molar-refractivity contribution in [3.8, 4) is 0 Å². The maximum Gasteiger partial charge on any atom is 0.251 e. The van der Waals surface area contributed by atoms with E-state index in [1.54, 1.807) is 5.01 Å². The van der Waals surface area contributed by atoms with E-state index < -0.39 is 6.10 Å². The number of carbonyl (C=O) groups excluding carboxylic acids is 1. The molecule has 0 bridgehead atoms. The molecule has 1 saturated carbocycles. The zero-order valence-corrected chi connectivity index (χ0v) is 13.5. The highest BCUT2D eigenvalue weighted by Gasteiger charge is 2.44. The Morgan fingerprint density at radius 2 is 2.00 bits per heavy atom. The molecule has 0 aromatic rings. The van der Waals surface area contributed by atoms with Gasteiger partial charge in [-0.3, -0.25) is 4.79 Å². The Balaban J connectivity index is 2.22. The molecule has 0 aromatic heterocycles. The number of aliphatic hydroxyl groups is 1. The third kappa shape index (κ3) is 3.46. The lowest BCUT2D eigenvalue weighted by atomic mass is 9.80. The predicted molar refractivity (Wildman–Crippen MR) is 83.8 cm³/mol. The van der Waals surface area contributed by atoms with Crippen LogP contribution in [-0.4, -0.2) is 40.4 Å². The molecule has 3 atom stereocenters. The number of nitrogens with two attached hydrogens (primary N) is 1. The normalized spacial score (nSPS) is 30.7. The van der Waals surface area contributed by atoms with Gasteiger partial charge in [0, 0.05) is 5.41 Å². The van der Waals surface area contributed by atoms with Gasteiger partial charge in [0.1, 0.15) is 0 Å². The molecule has 0 saturated heterocycles. The number of aliphatic hydroxyl groups excluding tert-OH is 1. The average molecular weight is 295 g/mol. The molecular formula is C16H29N3O2. The summed E-state index contributed by atoms with van der Waals surface area (Å²) >= 11 is 0. The van der Waals surface area contributed by atoms with Crippen LogP contribution in [-0.2, 0) is 4.79 Å². The van der Waals surface area contributed by atoms with E-state index in [9.17, 15) is 9.90 Å². The Morgan fingerprint density at radius 3 is 2.57 bits per heavy atom. The van der Waals surface area contributed by atoms with E-state index in [-0.39, 0.29) is 23.3 Å². The molecule has 2 aliphatic rings. The number of carbonyl (C=O) groups is 1. The SMILES string of the molecule is CC(C)(C)C1=NN(C2CCCCC2O)C(=O)C1CCCN. The molecule has 0 radical (unpaired) electrons. The zero-order chi connectivity index (χ0) is 15.6. The molecule has 1 aliphatic carbocycles. The maximum absolute atomic E-state index is 12.8. The van der Waals surface area contributed by atoms with Crippen molar-refractivity contribution in [3.05, 3.63) is 0 Å². The molecule has 3 N–H and O–H groups in total. The van der Waals surface area contributed by atoms with Crippen molar-refractivity contribution in [2.75, 3.05) is 6.54 Å². The van der Waals surface area contributed by atoms with E-state index in [1.165, 1.54) is 0 Å². The molecule has 0 aromatic carbocycles. The van der Waals surface area contributed by atoms with Crippen molar-refractivity contribution in [2.45, 2.75) is 71.4 Å². The van der Waals surface area contributed by atoms with Crippen LogP contribution in [0.2, 0.25) is 0 Å². The first-order valence-electron chi connectivity index (χ1n) is 8.16. The van der Waals surface area contributed by atoms with Gasteiger partial charge < -0.3 is 10.8 Å². The van der Waals surface area contributed by atoms with Gasteiger partial charge in [0.15, 0.2) is 0 Å². The second-order valence-electron chi connectivity index (χ2n) is 7.32. The van der Waals surface area contributed by atoms with Gasteiger partial charge in [-0.2, -0.15) is 5.10 Å². The average Bonchev–Trinajstić information content (AvgIpc) is 2.74. The standard InChI is InChI=1S/C16H29N3O2/c1-16(2,3)14-11(7-6-10-17)15(21)19(18-14)12-8-4-5-9-13(12)20/h11-13,20H,4-10,17H2,1-3H3. The first-order valence-corrected chi connectivity index (χ1v) is 8.16. The van der Waals surface area contributed by atoms with Crippen molar-refractivity contribution < 1.29 is 9.90 Å². The lowest BCUT2D eigenvalue weighted by Gasteiger charge is -2.32. The van der Waals surface area contributed by atoms with Crippen LogP contribution in [0.5, 0.6) is 0 Å². The molecule has 1 aliphatic heterocycles. The van der Waals surface area contributed by atoms with Crippen LogP contribution in [0.15, 0.2) is 5.10 Å². The fourth-order valence-electron chi connectivity index (χ4n) is 3.38. The summed E-state index contributed by atoms with van der Waals surface area (Å²) in [4.78, 5) is 12.8. The van der Waals surface area contributed by atoms with Gasteiger partial charge in [-0.05, 0) is 32.2 Å². The number of hydrogen-bond donors (Lipinski definition) is 2. The number of amides is 1. The topological polar surface area (TPSA) is 78.9 Å². The Morgan fingerprint density at radius 1 is 1.33 bits per heavy atom. The molecule has 5 heteroatoms. The second kappa shape index (κ2) is 6.44. The van der Waals surface area contributed by atoms with Crippen LogP contribution in [0.3, 0.4) is 0 Å². The van der Waals surface area contributed by atoms with Gasteiger partial charge in [-0.15, -0.1) is 0 Å². The van der Waals surface area contributed by atoms with E-state index in [0.29, 0.717) is 6.54 Å². The van der Waals surface area contributed by atoms with E-state index >= 15 is 0 Å². The van der Waals surface area contributed by atoms with Crippen molar-refractivity contribution >= 4 is 11.6 Å². The molecule has 3 unspecified atom stereocenters. The molecular weight excluding hydrogens is 266 g/mol. The van der Waals surface area contributed by atoms with Crippen LogP contribution >= 0.6 is 0 Å². The van der Waals surface area contributed by atoms with Crippen molar-refractivity contribution in [1.82, 2.24) is 5.01 Å². The van der Waals surface area contributed by atoms with Crippen molar-refractivity contribution in [2.24, 2.45) is 22.2 Å². The van der Waals surface area contributed by atoms with Crippen LogP contribution in [0.25, 0.3) is 0 Å². The van der Waals surface area contributed by atoms with Gasteiger partial charge in [0.25, 0.3) is 5.91 Å². The minimum absolute atomic E-state index is 0.0549. The number of hydrazone groups is 1. The molecule has 21 heavy (non-hydrogen) atoms. The van der Waals surface area contributed by atoms with Gasteiger partial charge in [0.05, 0.1) is 23.8 Å². The summed E-state index contributed by atoms with van der Waals surface area (Å²) in [6.45, 7) is 6.87. The predicted octanol–water partition coefficient (Wildman–Crippen LogP) is 1.89. The van der Waals surface area contributed by atoms with Gasteiger partial charge in [0.2, 0.25) is 0 Å². The third-order valence-electron chi connectivity index (χ3n) is 4.54. The molecule has 120 valence electrons. The fraction of sp³-hybridized carbons (Fsp3) is 0.875. The lowest BCUT2D eigenvalue weighted by Crippen LogP contribution is -2.45. The van der Waals surface area contributed by atoms with E-state index in [1.807, 2.05) is 0 Å². The third-order valence-corrected chi connectivity index (χ3v) is 4.54. The van der Waals surface area contributed by atoms with Gasteiger partial charge in [-0.25, -0.2) is 5.01 Å².